The van der Waals surface area contributed by atoms with Gasteiger partial charge in [-0.25, -0.2) is 4.98 Å². The quantitative estimate of drug-likeness (QED) is 0.813. The van der Waals surface area contributed by atoms with Gasteiger partial charge in [0.05, 0.1) is 17.6 Å². The Morgan fingerprint density at radius 3 is 2.62 bits per heavy atom. The van der Waals surface area contributed by atoms with Crippen LogP contribution in [0.1, 0.15) is 30.8 Å². The molecule has 0 aliphatic heterocycles. The number of aromatic amines is 1. The largest absolute Gasteiger partial charge is 0.395 e. The first kappa shape index (κ1) is 11.1. The number of hydrogen-bond acceptors (Lipinski definition) is 2. The molecule has 16 heavy (non-hydrogen) atoms. The lowest BCUT2D eigenvalue weighted by atomic mass is 9.94. The Morgan fingerprint density at radius 2 is 2.00 bits per heavy atom. The van der Waals surface area contributed by atoms with E-state index in [1.807, 2.05) is 13.8 Å². The van der Waals surface area contributed by atoms with Gasteiger partial charge >= 0.3 is 0 Å². The zero-order valence-corrected chi connectivity index (χ0v) is 10.3. The third-order valence-electron chi connectivity index (χ3n) is 2.96. The van der Waals surface area contributed by atoms with E-state index in [0.717, 1.165) is 16.9 Å². The fourth-order valence-electron chi connectivity index (χ4n) is 1.87. The van der Waals surface area contributed by atoms with E-state index in [1.165, 1.54) is 11.1 Å². The number of aryl methyl sites for hydroxylation is 2. The number of imidazole rings is 1. The molecule has 0 bridgehead atoms. The van der Waals surface area contributed by atoms with Crippen molar-refractivity contribution in [2.45, 2.75) is 33.1 Å². The molecule has 2 N–H and O–H groups in total. The SMILES string of the molecule is Cc1cc(C)c2nc(C(C)(C)CO)[nH]c2c1. The van der Waals surface area contributed by atoms with E-state index in [9.17, 15) is 5.11 Å². The highest BCUT2D eigenvalue weighted by atomic mass is 16.3. The van der Waals surface area contributed by atoms with Crippen molar-refractivity contribution in [1.82, 2.24) is 9.97 Å². The van der Waals surface area contributed by atoms with Gasteiger partial charge in [0.2, 0.25) is 0 Å². The number of H-pyrrole nitrogens is 1. The maximum atomic E-state index is 9.34. The Balaban J connectivity index is 2.65. The molecule has 0 saturated carbocycles. The van der Waals surface area contributed by atoms with Crippen LogP contribution in [0.3, 0.4) is 0 Å². The molecule has 0 fully saturated rings. The second-order valence-corrected chi connectivity index (χ2v) is 5.11. The number of fused-ring (bicyclic) bond motifs is 1. The molecule has 0 radical (unpaired) electrons. The van der Waals surface area contributed by atoms with Crippen LogP contribution in [0.4, 0.5) is 0 Å². The second kappa shape index (κ2) is 3.59. The molecule has 0 unspecified atom stereocenters. The van der Waals surface area contributed by atoms with Gasteiger partial charge in [-0.1, -0.05) is 19.9 Å². The molecule has 0 aliphatic rings. The van der Waals surface area contributed by atoms with Crippen molar-refractivity contribution in [2.75, 3.05) is 6.61 Å². The van der Waals surface area contributed by atoms with Crippen molar-refractivity contribution >= 4 is 11.0 Å². The minimum absolute atomic E-state index is 0.0881. The summed E-state index contributed by atoms with van der Waals surface area (Å²) in [6.45, 7) is 8.18. The van der Waals surface area contributed by atoms with Crippen molar-refractivity contribution in [3.8, 4) is 0 Å². The predicted molar refractivity (Wildman–Crippen MR) is 65.7 cm³/mol. The number of benzene rings is 1. The highest BCUT2D eigenvalue weighted by molar-refractivity contribution is 5.79. The molecule has 1 heterocycles. The zero-order chi connectivity index (χ0) is 11.9. The smallest absolute Gasteiger partial charge is 0.115 e. The van der Waals surface area contributed by atoms with E-state index in [0.29, 0.717) is 0 Å². The molecule has 86 valence electrons. The molecule has 0 atom stereocenters. The first-order valence-corrected chi connectivity index (χ1v) is 5.52. The monoisotopic (exact) mass is 218 g/mol. The van der Waals surface area contributed by atoms with Crippen LogP contribution in [-0.2, 0) is 5.41 Å². The Kier molecular flexibility index (Phi) is 2.50. The standard InChI is InChI=1S/C13H18N2O/c1-8-5-9(2)11-10(6-8)14-12(15-11)13(3,4)7-16/h5-6,16H,7H2,1-4H3,(H,14,15). The molecular formula is C13H18N2O. The predicted octanol–water partition coefficient (Wildman–Crippen LogP) is 2.45. The van der Waals surface area contributed by atoms with Crippen LogP contribution < -0.4 is 0 Å². The first-order chi connectivity index (χ1) is 7.44. The van der Waals surface area contributed by atoms with Crippen molar-refractivity contribution in [3.63, 3.8) is 0 Å². The van der Waals surface area contributed by atoms with Gasteiger partial charge in [0, 0.05) is 5.41 Å². The molecule has 1 aromatic carbocycles. The number of aliphatic hydroxyl groups is 1. The maximum Gasteiger partial charge on any atom is 0.115 e. The Morgan fingerprint density at radius 1 is 1.31 bits per heavy atom. The number of nitrogens with zero attached hydrogens (tertiary/aromatic N) is 1. The average molecular weight is 218 g/mol. The summed E-state index contributed by atoms with van der Waals surface area (Å²) in [6, 6.07) is 4.21. The van der Waals surface area contributed by atoms with Crippen LogP contribution >= 0.6 is 0 Å². The van der Waals surface area contributed by atoms with Gasteiger partial charge < -0.3 is 10.1 Å². The molecule has 0 aliphatic carbocycles. The molecule has 0 amide bonds. The lowest BCUT2D eigenvalue weighted by Crippen LogP contribution is -2.23. The molecular weight excluding hydrogens is 200 g/mol. The summed E-state index contributed by atoms with van der Waals surface area (Å²) >= 11 is 0. The van der Waals surface area contributed by atoms with E-state index in [2.05, 4.69) is 35.9 Å². The van der Waals surface area contributed by atoms with Crippen LogP contribution in [0.25, 0.3) is 11.0 Å². The van der Waals surface area contributed by atoms with E-state index >= 15 is 0 Å². The van der Waals surface area contributed by atoms with Gasteiger partial charge in [0.25, 0.3) is 0 Å². The third kappa shape index (κ3) is 1.71. The molecule has 0 saturated heterocycles. The molecule has 3 heteroatoms. The normalized spacial score (nSPS) is 12.3. The molecule has 1 aromatic heterocycles. The van der Waals surface area contributed by atoms with E-state index in [1.54, 1.807) is 0 Å². The van der Waals surface area contributed by atoms with Crippen molar-refractivity contribution < 1.29 is 5.11 Å². The van der Waals surface area contributed by atoms with E-state index in [-0.39, 0.29) is 12.0 Å². The third-order valence-corrected chi connectivity index (χ3v) is 2.96. The Hall–Kier alpha value is -1.35. The Bertz CT molecular complexity index is 526. The van der Waals surface area contributed by atoms with Crippen molar-refractivity contribution in [3.05, 3.63) is 29.1 Å². The summed E-state index contributed by atoms with van der Waals surface area (Å²) in [7, 11) is 0. The van der Waals surface area contributed by atoms with E-state index in [4.69, 9.17) is 0 Å². The minimum Gasteiger partial charge on any atom is -0.395 e. The zero-order valence-electron chi connectivity index (χ0n) is 10.3. The van der Waals surface area contributed by atoms with Crippen molar-refractivity contribution in [2.24, 2.45) is 0 Å². The maximum absolute atomic E-state index is 9.34. The fourth-order valence-corrected chi connectivity index (χ4v) is 1.87. The van der Waals surface area contributed by atoms with Gasteiger partial charge in [-0.3, -0.25) is 0 Å². The van der Waals surface area contributed by atoms with Gasteiger partial charge in [-0.2, -0.15) is 0 Å². The summed E-state index contributed by atoms with van der Waals surface area (Å²) in [5, 5.41) is 9.34. The van der Waals surface area contributed by atoms with Gasteiger partial charge in [-0.05, 0) is 31.0 Å². The van der Waals surface area contributed by atoms with Gasteiger partial charge in [-0.15, -0.1) is 0 Å². The molecule has 2 rings (SSSR count). The number of nitrogens with one attached hydrogen (secondary N) is 1. The van der Waals surface area contributed by atoms with Gasteiger partial charge in [0.1, 0.15) is 5.82 Å². The summed E-state index contributed by atoms with van der Waals surface area (Å²) in [5.41, 5.74) is 4.13. The second-order valence-electron chi connectivity index (χ2n) is 5.11. The van der Waals surface area contributed by atoms with Crippen molar-refractivity contribution in [1.29, 1.82) is 0 Å². The van der Waals surface area contributed by atoms with Crippen LogP contribution in [0.5, 0.6) is 0 Å². The van der Waals surface area contributed by atoms with Crippen LogP contribution in [0.2, 0.25) is 0 Å². The van der Waals surface area contributed by atoms with Crippen LogP contribution in [0, 0.1) is 13.8 Å². The lowest BCUT2D eigenvalue weighted by Gasteiger charge is -2.17. The topological polar surface area (TPSA) is 48.9 Å². The number of aliphatic hydroxyl groups excluding tert-OH is 1. The molecule has 0 spiro atoms. The average Bonchev–Trinajstić information content (AvgIpc) is 2.62. The van der Waals surface area contributed by atoms with Crippen LogP contribution in [0.15, 0.2) is 12.1 Å². The fraction of sp³-hybridized carbons (Fsp3) is 0.462. The number of rotatable bonds is 2. The lowest BCUT2D eigenvalue weighted by molar-refractivity contribution is 0.213. The molecule has 3 nitrogen and oxygen atoms in total. The highest BCUT2D eigenvalue weighted by Gasteiger charge is 2.23. The summed E-state index contributed by atoms with van der Waals surface area (Å²) in [6.07, 6.45) is 0. The highest BCUT2D eigenvalue weighted by Crippen LogP contribution is 2.25. The summed E-state index contributed by atoms with van der Waals surface area (Å²) in [4.78, 5) is 7.88. The number of hydrogen-bond donors (Lipinski definition) is 2. The van der Waals surface area contributed by atoms with Crippen LogP contribution in [-0.4, -0.2) is 21.7 Å². The number of aromatic nitrogens is 2. The summed E-state index contributed by atoms with van der Waals surface area (Å²) < 4.78 is 0. The summed E-state index contributed by atoms with van der Waals surface area (Å²) in [5.74, 6) is 0.846. The minimum atomic E-state index is -0.320. The Labute approximate surface area is 95.5 Å². The molecule has 2 aromatic rings. The first-order valence-electron chi connectivity index (χ1n) is 5.52. The van der Waals surface area contributed by atoms with E-state index < -0.39 is 0 Å². The van der Waals surface area contributed by atoms with Gasteiger partial charge in [0.15, 0.2) is 0 Å².